The van der Waals surface area contributed by atoms with Gasteiger partial charge >= 0.3 is 0 Å². The van der Waals surface area contributed by atoms with E-state index in [9.17, 15) is 10.2 Å². The second kappa shape index (κ2) is 7.30. The molecule has 3 heteroatoms. The zero-order valence-corrected chi connectivity index (χ0v) is 10.7. The van der Waals surface area contributed by atoms with E-state index in [1.54, 1.807) is 4.90 Å². The van der Waals surface area contributed by atoms with Crippen molar-refractivity contribution < 1.29 is 10.2 Å². The largest absolute Gasteiger partial charge is 0.374 e. The molecule has 2 unspecified atom stereocenters. The first-order chi connectivity index (χ1) is 8.20. The maximum Gasteiger partial charge on any atom is 0.129 e. The van der Waals surface area contributed by atoms with E-state index in [0.717, 1.165) is 18.5 Å². The smallest absolute Gasteiger partial charge is 0.129 e. The van der Waals surface area contributed by atoms with Gasteiger partial charge in [0, 0.05) is 5.69 Å². The summed E-state index contributed by atoms with van der Waals surface area (Å²) in [6.45, 7) is 4.05. The standard InChI is InChI=1S/C14H23NO2/c1-3-8-13(16)15(14(17)9-4-2)12-10-6-5-7-11-12/h5-7,10-11,13-14,16-17H,3-4,8-9H2,1-2H3. The summed E-state index contributed by atoms with van der Waals surface area (Å²) < 4.78 is 0. The highest BCUT2D eigenvalue weighted by molar-refractivity contribution is 5.46. The average molecular weight is 237 g/mol. The first kappa shape index (κ1) is 14.0. The molecule has 0 aliphatic carbocycles. The van der Waals surface area contributed by atoms with Gasteiger partial charge in [0.2, 0.25) is 0 Å². The summed E-state index contributed by atoms with van der Waals surface area (Å²) in [6, 6.07) is 9.59. The summed E-state index contributed by atoms with van der Waals surface area (Å²) >= 11 is 0. The van der Waals surface area contributed by atoms with Gasteiger partial charge in [-0.2, -0.15) is 0 Å². The zero-order chi connectivity index (χ0) is 12.7. The van der Waals surface area contributed by atoms with Crippen LogP contribution in [0.15, 0.2) is 30.3 Å². The molecular formula is C14H23NO2. The van der Waals surface area contributed by atoms with E-state index in [4.69, 9.17) is 0 Å². The van der Waals surface area contributed by atoms with E-state index >= 15 is 0 Å². The summed E-state index contributed by atoms with van der Waals surface area (Å²) in [7, 11) is 0. The third-order valence-electron chi connectivity index (χ3n) is 2.79. The van der Waals surface area contributed by atoms with Gasteiger partial charge in [-0.1, -0.05) is 44.9 Å². The molecule has 0 fully saturated rings. The van der Waals surface area contributed by atoms with E-state index in [0.29, 0.717) is 12.8 Å². The third-order valence-corrected chi connectivity index (χ3v) is 2.79. The highest BCUT2D eigenvalue weighted by atomic mass is 16.3. The van der Waals surface area contributed by atoms with Crippen LogP contribution in [-0.2, 0) is 0 Å². The van der Waals surface area contributed by atoms with Crippen LogP contribution in [0.1, 0.15) is 39.5 Å². The van der Waals surface area contributed by atoms with Gasteiger partial charge in [0.1, 0.15) is 12.5 Å². The Morgan fingerprint density at radius 3 is 1.82 bits per heavy atom. The molecule has 0 aliphatic rings. The Balaban J connectivity index is 2.86. The van der Waals surface area contributed by atoms with Gasteiger partial charge in [0.05, 0.1) is 0 Å². The third kappa shape index (κ3) is 4.02. The number of rotatable bonds is 7. The number of benzene rings is 1. The van der Waals surface area contributed by atoms with Gasteiger partial charge in [0.15, 0.2) is 0 Å². The topological polar surface area (TPSA) is 43.7 Å². The normalized spacial score (nSPS) is 14.4. The number of para-hydroxylation sites is 1. The highest BCUT2D eigenvalue weighted by Crippen LogP contribution is 2.21. The van der Waals surface area contributed by atoms with Crippen LogP contribution in [0.25, 0.3) is 0 Å². The molecule has 17 heavy (non-hydrogen) atoms. The molecule has 2 N–H and O–H groups in total. The Morgan fingerprint density at radius 2 is 1.41 bits per heavy atom. The molecule has 0 saturated heterocycles. The van der Waals surface area contributed by atoms with Crippen molar-refractivity contribution in [2.75, 3.05) is 4.90 Å². The van der Waals surface area contributed by atoms with Crippen LogP contribution in [0.4, 0.5) is 5.69 Å². The SMILES string of the molecule is CCCC(O)N(c1ccccc1)C(O)CCC. The number of anilines is 1. The van der Waals surface area contributed by atoms with E-state index in [1.807, 2.05) is 44.2 Å². The quantitative estimate of drug-likeness (QED) is 0.717. The van der Waals surface area contributed by atoms with Crippen LogP contribution < -0.4 is 4.90 Å². The van der Waals surface area contributed by atoms with Crippen molar-refractivity contribution in [1.29, 1.82) is 0 Å². The van der Waals surface area contributed by atoms with Crippen molar-refractivity contribution >= 4 is 5.69 Å². The molecule has 96 valence electrons. The Bertz CT molecular complexity index is 290. The second-order valence-electron chi connectivity index (χ2n) is 4.28. The van der Waals surface area contributed by atoms with E-state index in [1.165, 1.54) is 0 Å². The molecule has 0 saturated carbocycles. The molecule has 3 nitrogen and oxygen atoms in total. The fourth-order valence-corrected chi connectivity index (χ4v) is 1.94. The minimum Gasteiger partial charge on any atom is -0.374 e. The highest BCUT2D eigenvalue weighted by Gasteiger charge is 2.22. The summed E-state index contributed by atoms with van der Waals surface area (Å²) in [4.78, 5) is 1.70. The molecular weight excluding hydrogens is 214 g/mol. The van der Waals surface area contributed by atoms with Crippen LogP contribution >= 0.6 is 0 Å². The predicted octanol–water partition coefficient (Wildman–Crippen LogP) is 2.73. The molecule has 2 atom stereocenters. The van der Waals surface area contributed by atoms with Crippen molar-refractivity contribution in [2.45, 2.75) is 52.0 Å². The molecule has 0 amide bonds. The molecule has 1 aromatic carbocycles. The lowest BCUT2D eigenvalue weighted by Crippen LogP contribution is -2.43. The fourth-order valence-electron chi connectivity index (χ4n) is 1.94. The summed E-state index contributed by atoms with van der Waals surface area (Å²) in [5, 5.41) is 20.3. The predicted molar refractivity (Wildman–Crippen MR) is 70.8 cm³/mol. The first-order valence-electron chi connectivity index (χ1n) is 6.40. The lowest BCUT2D eigenvalue weighted by molar-refractivity contribution is 0.0737. The van der Waals surface area contributed by atoms with Crippen LogP contribution in [0, 0.1) is 0 Å². The lowest BCUT2D eigenvalue weighted by Gasteiger charge is -2.34. The maximum atomic E-state index is 10.1. The van der Waals surface area contributed by atoms with Gasteiger partial charge < -0.3 is 15.1 Å². The zero-order valence-electron chi connectivity index (χ0n) is 10.7. The van der Waals surface area contributed by atoms with Gasteiger partial charge in [-0.25, -0.2) is 0 Å². The Kier molecular flexibility index (Phi) is 6.01. The van der Waals surface area contributed by atoms with Gasteiger partial charge in [-0.3, -0.25) is 0 Å². The number of nitrogens with zero attached hydrogens (tertiary/aromatic N) is 1. The molecule has 0 heterocycles. The van der Waals surface area contributed by atoms with Crippen LogP contribution in [-0.4, -0.2) is 22.7 Å². The van der Waals surface area contributed by atoms with Crippen molar-refractivity contribution in [3.05, 3.63) is 30.3 Å². The number of hydrogen-bond acceptors (Lipinski definition) is 3. The Morgan fingerprint density at radius 1 is 0.941 bits per heavy atom. The molecule has 0 bridgehead atoms. The molecule has 1 aromatic rings. The molecule has 0 aliphatic heterocycles. The lowest BCUT2D eigenvalue weighted by atomic mass is 10.2. The van der Waals surface area contributed by atoms with Gasteiger partial charge in [-0.05, 0) is 25.0 Å². The Hall–Kier alpha value is -1.06. The summed E-state index contributed by atoms with van der Waals surface area (Å²) in [5.41, 5.74) is 0.870. The monoisotopic (exact) mass is 237 g/mol. The van der Waals surface area contributed by atoms with E-state index in [-0.39, 0.29) is 0 Å². The average Bonchev–Trinajstić information content (AvgIpc) is 2.31. The van der Waals surface area contributed by atoms with Crippen LogP contribution in [0.5, 0.6) is 0 Å². The fraction of sp³-hybridized carbons (Fsp3) is 0.571. The number of aliphatic hydroxyl groups is 2. The van der Waals surface area contributed by atoms with E-state index in [2.05, 4.69) is 0 Å². The summed E-state index contributed by atoms with van der Waals surface area (Å²) in [6.07, 6.45) is 1.87. The number of hydrogen-bond donors (Lipinski definition) is 2. The number of aliphatic hydroxyl groups excluding tert-OH is 2. The van der Waals surface area contributed by atoms with E-state index < -0.39 is 12.5 Å². The van der Waals surface area contributed by atoms with Crippen LogP contribution in [0.2, 0.25) is 0 Å². The van der Waals surface area contributed by atoms with Crippen molar-refractivity contribution in [3.8, 4) is 0 Å². The van der Waals surface area contributed by atoms with Crippen molar-refractivity contribution in [2.24, 2.45) is 0 Å². The molecule has 0 radical (unpaired) electrons. The second-order valence-corrected chi connectivity index (χ2v) is 4.28. The molecule has 0 spiro atoms. The summed E-state index contributed by atoms with van der Waals surface area (Å²) in [5.74, 6) is 0. The van der Waals surface area contributed by atoms with Crippen molar-refractivity contribution in [1.82, 2.24) is 0 Å². The van der Waals surface area contributed by atoms with Gasteiger partial charge in [0.25, 0.3) is 0 Å². The molecule has 1 rings (SSSR count). The maximum absolute atomic E-state index is 10.1. The first-order valence-corrected chi connectivity index (χ1v) is 6.40. The van der Waals surface area contributed by atoms with Crippen molar-refractivity contribution in [3.63, 3.8) is 0 Å². The Labute approximate surface area is 104 Å². The van der Waals surface area contributed by atoms with Gasteiger partial charge in [-0.15, -0.1) is 0 Å². The minimum absolute atomic E-state index is 0.621. The molecule has 0 aromatic heterocycles. The van der Waals surface area contributed by atoms with Crippen LogP contribution in [0.3, 0.4) is 0 Å². The minimum atomic E-state index is -0.621.